The SMILES string of the molecule is O=C1OCCc2c1ncc1[nH]c3ccccc3c21. The third-order valence-electron chi connectivity index (χ3n) is 3.42. The Hall–Kier alpha value is -2.36. The number of rotatable bonds is 0. The molecule has 2 aromatic heterocycles. The number of fused-ring (bicyclic) bond motifs is 5. The van der Waals surface area contributed by atoms with Gasteiger partial charge < -0.3 is 9.72 Å². The lowest BCUT2D eigenvalue weighted by molar-refractivity contribution is 0.0473. The Balaban J connectivity index is 2.21. The summed E-state index contributed by atoms with van der Waals surface area (Å²) in [5, 5.41) is 2.24. The van der Waals surface area contributed by atoms with E-state index in [-0.39, 0.29) is 5.97 Å². The average Bonchev–Trinajstić information content (AvgIpc) is 2.77. The van der Waals surface area contributed by atoms with Gasteiger partial charge in [-0.25, -0.2) is 9.78 Å². The first-order chi connectivity index (χ1) is 8.84. The largest absolute Gasteiger partial charge is 0.461 e. The fourth-order valence-electron chi connectivity index (χ4n) is 2.64. The quantitative estimate of drug-likeness (QED) is 0.612. The molecule has 0 saturated heterocycles. The maximum Gasteiger partial charge on any atom is 0.357 e. The van der Waals surface area contributed by atoms with Crippen LogP contribution in [0.3, 0.4) is 0 Å². The van der Waals surface area contributed by atoms with Crippen molar-refractivity contribution in [3.8, 4) is 0 Å². The third-order valence-corrected chi connectivity index (χ3v) is 3.42. The van der Waals surface area contributed by atoms with Crippen molar-refractivity contribution in [2.24, 2.45) is 0 Å². The van der Waals surface area contributed by atoms with E-state index in [0.29, 0.717) is 12.3 Å². The highest BCUT2D eigenvalue weighted by Gasteiger charge is 2.23. The van der Waals surface area contributed by atoms with E-state index in [0.717, 1.165) is 33.8 Å². The van der Waals surface area contributed by atoms with Gasteiger partial charge in [0.1, 0.15) is 0 Å². The second kappa shape index (κ2) is 3.32. The van der Waals surface area contributed by atoms with E-state index in [9.17, 15) is 4.79 Å². The van der Waals surface area contributed by atoms with E-state index in [1.807, 2.05) is 18.2 Å². The molecule has 4 nitrogen and oxygen atoms in total. The Bertz CT molecular complexity index is 789. The van der Waals surface area contributed by atoms with Gasteiger partial charge in [0.2, 0.25) is 0 Å². The van der Waals surface area contributed by atoms with Crippen LogP contribution in [0.4, 0.5) is 0 Å². The van der Waals surface area contributed by atoms with E-state index in [4.69, 9.17) is 4.74 Å². The van der Waals surface area contributed by atoms with Gasteiger partial charge in [-0.05, 0) is 11.6 Å². The third kappa shape index (κ3) is 1.14. The number of H-pyrrole nitrogens is 1. The van der Waals surface area contributed by atoms with Gasteiger partial charge in [-0.1, -0.05) is 18.2 Å². The van der Waals surface area contributed by atoms with Crippen LogP contribution in [-0.4, -0.2) is 22.5 Å². The highest BCUT2D eigenvalue weighted by atomic mass is 16.5. The number of nitrogens with zero attached hydrogens (tertiary/aromatic N) is 1. The second-order valence-corrected chi connectivity index (χ2v) is 4.43. The van der Waals surface area contributed by atoms with E-state index in [1.54, 1.807) is 6.20 Å². The van der Waals surface area contributed by atoms with Gasteiger partial charge >= 0.3 is 5.97 Å². The highest BCUT2D eigenvalue weighted by molar-refractivity contribution is 6.11. The molecule has 0 amide bonds. The lowest BCUT2D eigenvalue weighted by Crippen LogP contribution is -2.19. The number of ether oxygens (including phenoxy) is 1. The molecule has 0 atom stereocenters. The summed E-state index contributed by atoms with van der Waals surface area (Å²) in [5.74, 6) is -0.316. The predicted octanol–water partition coefficient (Wildman–Crippen LogP) is 2.43. The summed E-state index contributed by atoms with van der Waals surface area (Å²) in [6, 6.07) is 8.09. The molecule has 0 spiro atoms. The van der Waals surface area contributed by atoms with Crippen molar-refractivity contribution in [2.75, 3.05) is 6.61 Å². The predicted molar refractivity (Wildman–Crippen MR) is 67.6 cm³/mol. The van der Waals surface area contributed by atoms with Crippen LogP contribution >= 0.6 is 0 Å². The number of carbonyl (C=O) groups excluding carboxylic acids is 1. The molecule has 1 aliphatic heterocycles. The van der Waals surface area contributed by atoms with Gasteiger partial charge in [0.15, 0.2) is 5.69 Å². The number of hydrogen-bond donors (Lipinski definition) is 1. The standard InChI is InChI=1S/C14H10N2O2/c17-14-13-9(5-6-18-14)12-8-3-1-2-4-10(8)16-11(12)7-15-13/h1-4,7,16H,5-6H2. The molecule has 4 heteroatoms. The Labute approximate surface area is 103 Å². The van der Waals surface area contributed by atoms with Crippen molar-refractivity contribution in [1.82, 2.24) is 9.97 Å². The summed E-state index contributed by atoms with van der Waals surface area (Å²) in [6.45, 7) is 0.437. The zero-order chi connectivity index (χ0) is 12.1. The first-order valence-electron chi connectivity index (χ1n) is 5.90. The molecular weight excluding hydrogens is 228 g/mol. The van der Waals surface area contributed by atoms with Crippen LogP contribution in [0, 0.1) is 0 Å². The molecule has 4 rings (SSSR count). The first-order valence-corrected chi connectivity index (χ1v) is 5.90. The Morgan fingerprint density at radius 1 is 1.22 bits per heavy atom. The number of hydrogen-bond acceptors (Lipinski definition) is 3. The van der Waals surface area contributed by atoms with Crippen molar-refractivity contribution in [1.29, 1.82) is 0 Å². The summed E-state index contributed by atoms with van der Waals surface area (Å²) in [7, 11) is 0. The number of carbonyl (C=O) groups is 1. The number of esters is 1. The fraction of sp³-hybridized carbons (Fsp3) is 0.143. The molecule has 1 aliphatic rings. The monoisotopic (exact) mass is 238 g/mol. The van der Waals surface area contributed by atoms with Gasteiger partial charge in [0, 0.05) is 22.7 Å². The van der Waals surface area contributed by atoms with Crippen LogP contribution in [0.25, 0.3) is 21.8 Å². The molecule has 0 aliphatic carbocycles. The molecule has 3 aromatic rings. The topological polar surface area (TPSA) is 55.0 Å². The maximum absolute atomic E-state index is 11.7. The molecule has 0 radical (unpaired) electrons. The van der Waals surface area contributed by atoms with E-state index in [1.165, 1.54) is 0 Å². The number of aromatic amines is 1. The first kappa shape index (κ1) is 9.65. The van der Waals surface area contributed by atoms with Crippen LogP contribution in [-0.2, 0) is 11.2 Å². The number of pyridine rings is 1. The van der Waals surface area contributed by atoms with Gasteiger partial charge in [-0.15, -0.1) is 0 Å². The van der Waals surface area contributed by atoms with E-state index in [2.05, 4.69) is 16.0 Å². The average molecular weight is 238 g/mol. The van der Waals surface area contributed by atoms with E-state index < -0.39 is 0 Å². The number of nitrogens with one attached hydrogen (secondary N) is 1. The maximum atomic E-state index is 11.7. The molecule has 0 fully saturated rings. The van der Waals surface area contributed by atoms with Crippen molar-refractivity contribution in [3.63, 3.8) is 0 Å². The Morgan fingerprint density at radius 3 is 3.06 bits per heavy atom. The van der Waals surface area contributed by atoms with Gasteiger partial charge in [-0.3, -0.25) is 0 Å². The van der Waals surface area contributed by atoms with Gasteiger partial charge in [0.25, 0.3) is 0 Å². The highest BCUT2D eigenvalue weighted by Crippen LogP contribution is 2.31. The Morgan fingerprint density at radius 2 is 2.11 bits per heavy atom. The molecule has 88 valence electrons. The van der Waals surface area contributed by atoms with Crippen molar-refractivity contribution in [2.45, 2.75) is 6.42 Å². The van der Waals surface area contributed by atoms with Crippen LogP contribution in [0.1, 0.15) is 16.1 Å². The molecule has 0 bridgehead atoms. The summed E-state index contributed by atoms with van der Waals surface area (Å²) < 4.78 is 5.03. The lowest BCUT2D eigenvalue weighted by atomic mass is 10.0. The van der Waals surface area contributed by atoms with Crippen LogP contribution in [0.5, 0.6) is 0 Å². The number of aromatic nitrogens is 2. The van der Waals surface area contributed by atoms with E-state index >= 15 is 0 Å². The number of para-hydroxylation sites is 1. The minimum atomic E-state index is -0.316. The zero-order valence-corrected chi connectivity index (χ0v) is 9.56. The molecule has 1 N–H and O–H groups in total. The molecule has 1 aromatic carbocycles. The van der Waals surface area contributed by atoms with Crippen molar-refractivity contribution in [3.05, 3.63) is 41.7 Å². The van der Waals surface area contributed by atoms with Crippen molar-refractivity contribution >= 4 is 27.8 Å². The number of benzene rings is 1. The van der Waals surface area contributed by atoms with Crippen LogP contribution in [0.2, 0.25) is 0 Å². The molecule has 3 heterocycles. The normalized spacial score (nSPS) is 14.8. The molecular formula is C14H10N2O2. The number of cyclic esters (lactones) is 1. The molecule has 18 heavy (non-hydrogen) atoms. The lowest BCUT2D eigenvalue weighted by Gasteiger charge is -2.15. The summed E-state index contributed by atoms with van der Waals surface area (Å²) in [6.07, 6.45) is 2.44. The second-order valence-electron chi connectivity index (χ2n) is 4.43. The van der Waals surface area contributed by atoms with Gasteiger partial charge in [0.05, 0.1) is 18.3 Å². The molecule has 0 saturated carbocycles. The van der Waals surface area contributed by atoms with Crippen LogP contribution < -0.4 is 0 Å². The van der Waals surface area contributed by atoms with Crippen LogP contribution in [0.15, 0.2) is 30.5 Å². The minimum absolute atomic E-state index is 0.316. The molecule has 0 unspecified atom stereocenters. The van der Waals surface area contributed by atoms with Crippen molar-refractivity contribution < 1.29 is 9.53 Å². The smallest absolute Gasteiger partial charge is 0.357 e. The summed E-state index contributed by atoms with van der Waals surface area (Å²) in [4.78, 5) is 19.2. The summed E-state index contributed by atoms with van der Waals surface area (Å²) >= 11 is 0. The Kier molecular flexibility index (Phi) is 1.78. The fourth-order valence-corrected chi connectivity index (χ4v) is 2.64. The minimum Gasteiger partial charge on any atom is -0.461 e. The van der Waals surface area contributed by atoms with Gasteiger partial charge in [-0.2, -0.15) is 0 Å². The summed E-state index contributed by atoms with van der Waals surface area (Å²) in [5.41, 5.74) is 3.51. The zero-order valence-electron chi connectivity index (χ0n) is 9.56.